The van der Waals surface area contributed by atoms with E-state index in [0.29, 0.717) is 17.7 Å². The number of nitrogens with zero attached hydrogens (tertiary/aromatic N) is 3. The predicted molar refractivity (Wildman–Crippen MR) is 117 cm³/mol. The first-order valence-electron chi connectivity index (χ1n) is 7.88. The van der Waals surface area contributed by atoms with Gasteiger partial charge in [-0.3, -0.25) is 15.6 Å². The van der Waals surface area contributed by atoms with Crippen LogP contribution in [0.4, 0.5) is 20.2 Å². The maximum absolute atomic E-state index is 12.7. The average molecular weight is 445 g/mol. The van der Waals surface area contributed by atoms with E-state index in [1.807, 2.05) is 0 Å². The van der Waals surface area contributed by atoms with E-state index in [1.165, 1.54) is 50.9 Å². The summed E-state index contributed by atoms with van der Waals surface area (Å²) in [6, 6.07) is 11.8. The summed E-state index contributed by atoms with van der Waals surface area (Å²) >= 11 is 0. The molecule has 0 fully saturated rings. The number of hydrazone groups is 2. The Labute approximate surface area is 179 Å². The molecule has 164 valence electrons. The van der Waals surface area contributed by atoms with Gasteiger partial charge in [-0.15, -0.1) is 12.4 Å². The van der Waals surface area contributed by atoms with Crippen LogP contribution in [0.1, 0.15) is 0 Å². The number of oxime groups is 1. The van der Waals surface area contributed by atoms with Crippen molar-refractivity contribution in [3.8, 4) is 0 Å². The molecule has 0 aliphatic carbocycles. The van der Waals surface area contributed by atoms with Crippen LogP contribution in [0.25, 0.3) is 0 Å². The fraction of sp³-hybridized carbons (Fsp3) is 0.111. The smallest absolute Gasteiger partial charge is 0.162 e. The van der Waals surface area contributed by atoms with Gasteiger partial charge in [0.05, 0.1) is 37.1 Å². The zero-order valence-electron chi connectivity index (χ0n) is 16.2. The highest BCUT2D eigenvalue weighted by Crippen LogP contribution is 2.08. The van der Waals surface area contributed by atoms with Crippen molar-refractivity contribution in [1.29, 1.82) is 0 Å². The number of aldehydes is 1. The minimum absolute atomic E-state index is 0. The van der Waals surface area contributed by atoms with E-state index in [2.05, 4.69) is 41.8 Å². The molecule has 2 aromatic rings. The first kappa shape index (κ1) is 28.8. The molecule has 0 spiro atoms. The van der Waals surface area contributed by atoms with Crippen LogP contribution in [0.5, 0.6) is 0 Å². The Morgan fingerprint density at radius 2 is 1.37 bits per heavy atom. The maximum Gasteiger partial charge on any atom is 0.162 e. The van der Waals surface area contributed by atoms with Gasteiger partial charge >= 0.3 is 0 Å². The molecule has 30 heavy (non-hydrogen) atoms. The Morgan fingerprint density at radius 3 is 1.77 bits per heavy atom. The number of carbonyl (C=O) groups excluding carboxylic acids is 1. The fourth-order valence-electron chi connectivity index (χ4n) is 1.49. The number of hydrogen-bond acceptors (Lipinski definition) is 9. The van der Waals surface area contributed by atoms with Crippen LogP contribution in [-0.2, 0) is 14.5 Å². The summed E-state index contributed by atoms with van der Waals surface area (Å²) in [5.74, 6) is 3.69. The highest BCUT2D eigenvalue weighted by atomic mass is 35.5. The third kappa shape index (κ3) is 16.7. The minimum Gasteiger partial charge on any atom is -0.399 e. The number of nitrogens with two attached hydrogens (primary N) is 1. The number of benzene rings is 2. The van der Waals surface area contributed by atoms with Gasteiger partial charge in [0, 0.05) is 0 Å². The quantitative estimate of drug-likeness (QED) is 0.342. The van der Waals surface area contributed by atoms with Crippen LogP contribution in [0.3, 0.4) is 0 Å². The summed E-state index contributed by atoms with van der Waals surface area (Å²) < 4.78 is 25.2. The van der Waals surface area contributed by atoms with Crippen molar-refractivity contribution in [2.24, 2.45) is 21.3 Å². The van der Waals surface area contributed by atoms with Gasteiger partial charge < -0.3 is 9.68 Å². The molecule has 0 aliphatic rings. The number of halogens is 3. The number of anilines is 2. The van der Waals surface area contributed by atoms with E-state index in [4.69, 9.17) is 0 Å². The highest BCUT2D eigenvalue weighted by molar-refractivity contribution is 6.15. The lowest BCUT2D eigenvalue weighted by molar-refractivity contribution is -0.102. The second-order valence-electron chi connectivity index (χ2n) is 4.61. The minimum atomic E-state index is -0.346. The molecule has 0 atom stereocenters. The molecule has 0 amide bonds. The van der Waals surface area contributed by atoms with Crippen molar-refractivity contribution in [3.05, 3.63) is 60.2 Å². The van der Waals surface area contributed by atoms with E-state index in [0.717, 1.165) is 6.21 Å². The number of rotatable bonds is 7. The summed E-state index contributed by atoms with van der Waals surface area (Å²) in [5.41, 5.74) is 6.20. The van der Waals surface area contributed by atoms with Gasteiger partial charge in [0.2, 0.25) is 0 Å². The molecular weight excluding hydrogens is 422 g/mol. The fourth-order valence-corrected chi connectivity index (χ4v) is 1.49. The molecule has 0 bridgehead atoms. The molecule has 0 saturated carbocycles. The molecule has 0 radical (unpaired) electrons. The molecule has 2 rings (SSSR count). The van der Waals surface area contributed by atoms with Gasteiger partial charge in [-0.25, -0.2) is 14.7 Å². The normalized spacial score (nSPS) is 9.77. The largest absolute Gasteiger partial charge is 0.399 e. The van der Waals surface area contributed by atoms with Crippen molar-refractivity contribution in [2.45, 2.75) is 0 Å². The Kier molecular flexibility index (Phi) is 19.5. The number of nitrogens with one attached hydrogen (secondary N) is 2. The Morgan fingerprint density at radius 1 is 0.900 bits per heavy atom. The van der Waals surface area contributed by atoms with Crippen LogP contribution in [0.15, 0.2) is 63.9 Å². The molecule has 4 N–H and O–H groups in total. The lowest BCUT2D eigenvalue weighted by atomic mass is 10.3. The molecule has 2 aromatic carbocycles. The average Bonchev–Trinajstić information content (AvgIpc) is 2.69. The molecule has 12 heteroatoms. The van der Waals surface area contributed by atoms with E-state index in [1.54, 1.807) is 24.3 Å². The Balaban J connectivity index is 0. The van der Waals surface area contributed by atoms with Gasteiger partial charge in [0.15, 0.2) is 6.29 Å². The van der Waals surface area contributed by atoms with Gasteiger partial charge in [0.1, 0.15) is 18.7 Å². The molecule has 0 aliphatic heterocycles. The van der Waals surface area contributed by atoms with Crippen molar-refractivity contribution in [3.63, 3.8) is 0 Å². The topological polar surface area (TPSA) is 123 Å². The Bertz CT molecular complexity index is 794. The number of hydrogen-bond donors (Lipinski definition) is 3. The number of carbonyl (C=O) groups is 1. The van der Waals surface area contributed by atoms with Gasteiger partial charge in [-0.1, -0.05) is 17.3 Å². The summed E-state index contributed by atoms with van der Waals surface area (Å²) in [6.45, 7) is 0. The summed E-state index contributed by atoms with van der Waals surface area (Å²) in [5, 5.41) is 10.7. The van der Waals surface area contributed by atoms with Crippen LogP contribution < -0.4 is 16.7 Å². The third-order valence-electron chi connectivity index (χ3n) is 2.48. The molecule has 0 heterocycles. The highest BCUT2D eigenvalue weighted by Gasteiger charge is 1.91. The van der Waals surface area contributed by atoms with Gasteiger partial charge in [-0.2, -0.15) is 10.2 Å². The second kappa shape index (κ2) is 20.3. The van der Waals surface area contributed by atoms with E-state index < -0.39 is 0 Å². The van der Waals surface area contributed by atoms with E-state index in [9.17, 15) is 13.6 Å². The summed E-state index contributed by atoms with van der Waals surface area (Å²) in [4.78, 5) is 18.0. The zero-order valence-corrected chi connectivity index (χ0v) is 17.1. The lowest BCUT2D eigenvalue weighted by Crippen LogP contribution is -1.90. The SMILES string of the molecule is CO/N=C/C=N/Nc1cccc(F)c1.CON.Cl.O=C/C=N/Nc1cccc(F)c1. The predicted octanol–water partition coefficient (Wildman–Crippen LogP) is 3.21. The molecule has 0 saturated heterocycles. The van der Waals surface area contributed by atoms with Crippen molar-refractivity contribution >= 4 is 48.7 Å². The van der Waals surface area contributed by atoms with Crippen molar-refractivity contribution in [2.75, 3.05) is 25.1 Å². The van der Waals surface area contributed by atoms with Crippen molar-refractivity contribution < 1.29 is 23.3 Å². The molecule has 9 nitrogen and oxygen atoms in total. The first-order valence-corrected chi connectivity index (χ1v) is 7.88. The monoisotopic (exact) mass is 444 g/mol. The Hall–Kier alpha value is -3.41. The van der Waals surface area contributed by atoms with Crippen LogP contribution in [0, 0.1) is 11.6 Å². The van der Waals surface area contributed by atoms with Crippen LogP contribution >= 0.6 is 12.4 Å². The molecule has 0 aromatic heterocycles. The second-order valence-corrected chi connectivity index (χ2v) is 4.61. The van der Waals surface area contributed by atoms with Crippen LogP contribution in [-0.4, -0.2) is 39.1 Å². The lowest BCUT2D eigenvalue weighted by Gasteiger charge is -1.97. The van der Waals surface area contributed by atoms with Gasteiger partial charge in [0.25, 0.3) is 0 Å². The standard InChI is InChI=1S/C9H10FN3O.C8H7FN2O.CH5NO.ClH/c1-14-12-6-5-11-13-9-4-2-3-8(10)7-9;9-7-2-1-3-8(6-7)11-10-4-5-12;1-3-2;/h2-7,13H,1H3;1-6,11H;2H2,1H3;1H/b11-5+,12-6+;10-4+;;. The maximum atomic E-state index is 12.7. The molecular formula is C18H23ClF2N6O3. The van der Waals surface area contributed by atoms with Crippen LogP contribution in [0.2, 0.25) is 0 Å². The van der Waals surface area contributed by atoms with Gasteiger partial charge in [-0.05, 0) is 36.4 Å². The summed E-state index contributed by atoms with van der Waals surface area (Å²) in [6.07, 6.45) is 4.35. The first-order chi connectivity index (χ1) is 14.1. The van der Waals surface area contributed by atoms with E-state index in [-0.39, 0.29) is 24.0 Å². The zero-order chi connectivity index (χ0) is 21.7. The third-order valence-corrected chi connectivity index (χ3v) is 2.48. The van der Waals surface area contributed by atoms with Crippen molar-refractivity contribution in [1.82, 2.24) is 0 Å². The van der Waals surface area contributed by atoms with E-state index >= 15 is 0 Å². The molecule has 0 unspecified atom stereocenters. The summed E-state index contributed by atoms with van der Waals surface area (Å²) in [7, 11) is 2.84.